The topological polar surface area (TPSA) is 46.9 Å². The van der Waals surface area contributed by atoms with Gasteiger partial charge in [0.1, 0.15) is 0 Å². The molecule has 1 N–H and O–H groups in total. The van der Waals surface area contributed by atoms with Crippen molar-refractivity contribution in [2.45, 2.75) is 45.7 Å². The van der Waals surface area contributed by atoms with Crippen molar-refractivity contribution >= 4 is 17.5 Å². The minimum atomic E-state index is -0.0536. The van der Waals surface area contributed by atoms with Crippen LogP contribution in [0.15, 0.2) is 48.5 Å². The molecule has 4 rings (SSSR count). The van der Waals surface area contributed by atoms with Crippen molar-refractivity contribution in [3.05, 3.63) is 87.2 Å². The number of carbonyl (C=O) groups excluding carboxylic acids is 1. The molecule has 0 saturated carbocycles. The summed E-state index contributed by atoms with van der Waals surface area (Å²) < 4.78 is 1.86. The first kappa shape index (κ1) is 18.8. The fourth-order valence-corrected chi connectivity index (χ4v) is 4.30. The maximum Gasteiger partial charge on any atom is 0.255 e. The molecule has 0 aliphatic heterocycles. The van der Waals surface area contributed by atoms with E-state index in [2.05, 4.69) is 28.6 Å². The van der Waals surface area contributed by atoms with Crippen LogP contribution in [0, 0.1) is 13.8 Å². The highest BCUT2D eigenvalue weighted by Crippen LogP contribution is 2.30. The zero-order chi connectivity index (χ0) is 19.7. The SMILES string of the molecule is Cc1nn(Cc2ccccc2Cl)c(C)c1C(=O)N[C@H]1CCCc2ccccc21. The van der Waals surface area contributed by atoms with E-state index in [0.717, 1.165) is 36.2 Å². The number of hydrogen-bond acceptors (Lipinski definition) is 2. The van der Waals surface area contributed by atoms with Gasteiger partial charge >= 0.3 is 0 Å². The summed E-state index contributed by atoms with van der Waals surface area (Å²) in [6.45, 7) is 4.38. The van der Waals surface area contributed by atoms with E-state index in [1.807, 2.05) is 48.9 Å². The Kier molecular flexibility index (Phi) is 5.23. The Balaban J connectivity index is 1.58. The van der Waals surface area contributed by atoms with Gasteiger partial charge in [-0.3, -0.25) is 9.48 Å². The lowest BCUT2D eigenvalue weighted by atomic mass is 9.87. The summed E-state index contributed by atoms with van der Waals surface area (Å²) in [5.74, 6) is -0.0536. The molecule has 0 radical (unpaired) electrons. The maximum atomic E-state index is 13.1. The molecule has 0 saturated heterocycles. The number of aromatic nitrogens is 2. The first-order valence-electron chi connectivity index (χ1n) is 9.70. The van der Waals surface area contributed by atoms with Crippen molar-refractivity contribution in [1.29, 1.82) is 0 Å². The van der Waals surface area contributed by atoms with E-state index in [1.165, 1.54) is 11.1 Å². The largest absolute Gasteiger partial charge is 0.345 e. The van der Waals surface area contributed by atoms with E-state index < -0.39 is 0 Å². The van der Waals surface area contributed by atoms with Crippen molar-refractivity contribution < 1.29 is 4.79 Å². The number of amides is 1. The minimum absolute atomic E-state index is 0.0536. The minimum Gasteiger partial charge on any atom is -0.345 e. The van der Waals surface area contributed by atoms with Crippen LogP contribution in [0.2, 0.25) is 5.02 Å². The molecule has 28 heavy (non-hydrogen) atoms. The van der Waals surface area contributed by atoms with Crippen LogP contribution in [0.3, 0.4) is 0 Å². The van der Waals surface area contributed by atoms with Crippen LogP contribution in [0.5, 0.6) is 0 Å². The summed E-state index contributed by atoms with van der Waals surface area (Å²) in [5, 5.41) is 8.55. The van der Waals surface area contributed by atoms with Crippen molar-refractivity contribution in [2.24, 2.45) is 0 Å². The van der Waals surface area contributed by atoms with Gasteiger partial charge in [-0.15, -0.1) is 0 Å². The van der Waals surface area contributed by atoms with Gasteiger partial charge in [-0.2, -0.15) is 5.10 Å². The van der Waals surface area contributed by atoms with Crippen LogP contribution in [-0.4, -0.2) is 15.7 Å². The van der Waals surface area contributed by atoms with E-state index in [-0.39, 0.29) is 11.9 Å². The second-order valence-corrected chi connectivity index (χ2v) is 7.82. The lowest BCUT2D eigenvalue weighted by Crippen LogP contribution is -2.31. The average molecular weight is 394 g/mol. The predicted octanol–water partition coefficient (Wildman–Crippen LogP) is 5.01. The molecule has 5 heteroatoms. The lowest BCUT2D eigenvalue weighted by molar-refractivity contribution is 0.0931. The van der Waals surface area contributed by atoms with Gasteiger partial charge in [0.05, 0.1) is 23.8 Å². The van der Waals surface area contributed by atoms with Gasteiger partial charge in [-0.1, -0.05) is 54.1 Å². The molecule has 1 aromatic heterocycles. The van der Waals surface area contributed by atoms with Gasteiger partial charge in [0, 0.05) is 10.7 Å². The zero-order valence-electron chi connectivity index (χ0n) is 16.2. The highest BCUT2D eigenvalue weighted by Gasteiger charge is 2.25. The summed E-state index contributed by atoms with van der Waals surface area (Å²) in [7, 11) is 0. The molecule has 3 aromatic rings. The van der Waals surface area contributed by atoms with Gasteiger partial charge in [-0.25, -0.2) is 0 Å². The molecule has 144 valence electrons. The Morgan fingerprint density at radius 1 is 1.18 bits per heavy atom. The standard InChI is InChI=1S/C23H24ClN3O/c1-15-22(16(2)27(26-15)14-18-9-4-6-12-20(18)24)23(28)25-21-13-7-10-17-8-3-5-11-19(17)21/h3-6,8-9,11-12,21H,7,10,13-14H2,1-2H3,(H,25,28)/t21-/m0/s1. The number of rotatable bonds is 4. The number of halogens is 1. The fraction of sp³-hybridized carbons (Fsp3) is 0.304. The van der Waals surface area contributed by atoms with Gasteiger partial charge < -0.3 is 5.32 Å². The third-order valence-corrected chi connectivity index (χ3v) is 5.93. The Labute approximate surface area is 170 Å². The van der Waals surface area contributed by atoms with Crippen LogP contribution in [0.4, 0.5) is 0 Å². The monoisotopic (exact) mass is 393 g/mol. The second kappa shape index (κ2) is 7.80. The third kappa shape index (κ3) is 3.57. The molecule has 1 aliphatic carbocycles. The highest BCUT2D eigenvalue weighted by molar-refractivity contribution is 6.31. The Morgan fingerprint density at radius 2 is 1.93 bits per heavy atom. The molecular weight excluding hydrogens is 370 g/mol. The normalized spacial score (nSPS) is 15.9. The summed E-state index contributed by atoms with van der Waals surface area (Å²) in [5.41, 5.74) is 5.82. The molecule has 1 aliphatic rings. The van der Waals surface area contributed by atoms with Crippen LogP contribution in [0.1, 0.15) is 57.3 Å². The van der Waals surface area contributed by atoms with E-state index in [4.69, 9.17) is 11.6 Å². The van der Waals surface area contributed by atoms with E-state index >= 15 is 0 Å². The molecule has 2 aromatic carbocycles. The Hall–Kier alpha value is -2.59. The fourth-order valence-electron chi connectivity index (χ4n) is 4.10. The Morgan fingerprint density at radius 3 is 2.75 bits per heavy atom. The molecule has 0 fully saturated rings. The van der Waals surface area contributed by atoms with Crippen molar-refractivity contribution in [1.82, 2.24) is 15.1 Å². The Bertz CT molecular complexity index is 1020. The molecular formula is C23H24ClN3O. The molecule has 1 atom stereocenters. The van der Waals surface area contributed by atoms with E-state index in [0.29, 0.717) is 17.1 Å². The summed E-state index contributed by atoms with van der Waals surface area (Å²) >= 11 is 6.29. The quantitative estimate of drug-likeness (QED) is 0.677. The number of aryl methyl sites for hydroxylation is 2. The van der Waals surface area contributed by atoms with Crippen LogP contribution in [-0.2, 0) is 13.0 Å². The number of nitrogens with one attached hydrogen (secondary N) is 1. The number of fused-ring (bicyclic) bond motifs is 1. The molecule has 1 amide bonds. The van der Waals surface area contributed by atoms with E-state index in [9.17, 15) is 4.79 Å². The first-order chi connectivity index (χ1) is 13.5. The van der Waals surface area contributed by atoms with Crippen molar-refractivity contribution in [2.75, 3.05) is 0 Å². The highest BCUT2D eigenvalue weighted by atomic mass is 35.5. The van der Waals surface area contributed by atoms with Gasteiger partial charge in [-0.05, 0) is 55.9 Å². The zero-order valence-corrected chi connectivity index (χ0v) is 17.0. The summed E-state index contributed by atoms with van der Waals surface area (Å²) in [6, 6.07) is 16.2. The van der Waals surface area contributed by atoms with E-state index in [1.54, 1.807) is 0 Å². The summed E-state index contributed by atoms with van der Waals surface area (Å²) in [4.78, 5) is 13.1. The molecule has 0 unspecified atom stereocenters. The number of hydrogen-bond donors (Lipinski definition) is 1. The first-order valence-corrected chi connectivity index (χ1v) is 10.1. The molecule has 1 heterocycles. The van der Waals surface area contributed by atoms with Crippen molar-refractivity contribution in [3.63, 3.8) is 0 Å². The summed E-state index contributed by atoms with van der Waals surface area (Å²) in [6.07, 6.45) is 3.14. The van der Waals surface area contributed by atoms with Crippen molar-refractivity contribution in [3.8, 4) is 0 Å². The van der Waals surface area contributed by atoms with Crippen LogP contribution in [0.25, 0.3) is 0 Å². The van der Waals surface area contributed by atoms with Crippen LogP contribution < -0.4 is 5.32 Å². The molecule has 4 nitrogen and oxygen atoms in total. The smallest absolute Gasteiger partial charge is 0.255 e. The lowest BCUT2D eigenvalue weighted by Gasteiger charge is -2.26. The van der Waals surface area contributed by atoms with Gasteiger partial charge in [0.25, 0.3) is 5.91 Å². The van der Waals surface area contributed by atoms with Gasteiger partial charge in [0.2, 0.25) is 0 Å². The maximum absolute atomic E-state index is 13.1. The number of benzene rings is 2. The average Bonchev–Trinajstić information content (AvgIpc) is 2.97. The second-order valence-electron chi connectivity index (χ2n) is 7.41. The third-order valence-electron chi connectivity index (χ3n) is 5.56. The number of nitrogens with zero attached hydrogens (tertiary/aromatic N) is 2. The van der Waals surface area contributed by atoms with Crippen LogP contribution >= 0.6 is 11.6 Å². The number of carbonyl (C=O) groups is 1. The molecule has 0 spiro atoms. The predicted molar refractivity (Wildman–Crippen MR) is 112 cm³/mol. The molecule has 0 bridgehead atoms. The van der Waals surface area contributed by atoms with Gasteiger partial charge in [0.15, 0.2) is 0 Å².